The lowest BCUT2D eigenvalue weighted by Crippen LogP contribution is -2.40. The van der Waals surface area contributed by atoms with Gasteiger partial charge in [-0.15, -0.1) is 0 Å². The van der Waals surface area contributed by atoms with Gasteiger partial charge in [0.15, 0.2) is 0 Å². The highest BCUT2D eigenvalue weighted by molar-refractivity contribution is 7.89. The number of aromatic nitrogens is 1. The highest BCUT2D eigenvalue weighted by atomic mass is 32.2. The van der Waals surface area contributed by atoms with Gasteiger partial charge in [-0.1, -0.05) is 0 Å². The van der Waals surface area contributed by atoms with Gasteiger partial charge in [-0.3, -0.25) is 0 Å². The molecular weight excluding hydrogens is 292 g/mol. The summed E-state index contributed by atoms with van der Waals surface area (Å²) in [4.78, 5) is 0.160. The fourth-order valence-corrected chi connectivity index (χ4v) is 3.29. The van der Waals surface area contributed by atoms with Crippen molar-refractivity contribution in [1.82, 2.24) is 9.29 Å². The van der Waals surface area contributed by atoms with E-state index < -0.39 is 15.6 Å². The molecule has 1 aromatic rings. The summed E-state index contributed by atoms with van der Waals surface area (Å²) in [6.07, 6.45) is 1.55. The Morgan fingerprint density at radius 1 is 1.43 bits per heavy atom. The fraction of sp³-hybridized carbons (Fsp3) is 0.714. The lowest BCUT2D eigenvalue weighted by atomic mass is 10.1. The monoisotopic (exact) mass is 318 g/mol. The van der Waals surface area contributed by atoms with Crippen LogP contribution in [0, 0.1) is 0 Å². The van der Waals surface area contributed by atoms with Crippen LogP contribution in [0.3, 0.4) is 0 Å². The molecule has 1 aromatic heterocycles. The summed E-state index contributed by atoms with van der Waals surface area (Å²) >= 11 is 0. The molecule has 0 unspecified atom stereocenters. The molecule has 0 amide bonds. The van der Waals surface area contributed by atoms with E-state index in [0.717, 1.165) is 0 Å². The van der Waals surface area contributed by atoms with Crippen LogP contribution < -0.4 is 4.72 Å². The van der Waals surface area contributed by atoms with E-state index in [9.17, 15) is 13.5 Å². The first-order valence-corrected chi connectivity index (χ1v) is 8.56. The molecule has 0 spiro atoms. The van der Waals surface area contributed by atoms with Crippen molar-refractivity contribution in [3.05, 3.63) is 18.0 Å². The van der Waals surface area contributed by atoms with Crippen LogP contribution >= 0.6 is 0 Å². The summed E-state index contributed by atoms with van der Waals surface area (Å²) in [6, 6.07) is 1.58. The predicted octanol–water partition coefficient (Wildman–Crippen LogP) is 1.65. The predicted molar refractivity (Wildman–Crippen MR) is 81.6 cm³/mol. The van der Waals surface area contributed by atoms with Crippen molar-refractivity contribution in [2.24, 2.45) is 0 Å². The van der Waals surface area contributed by atoms with Crippen molar-refractivity contribution in [3.8, 4) is 0 Å². The smallest absolute Gasteiger partial charge is 0.242 e. The van der Waals surface area contributed by atoms with Crippen LogP contribution in [0.1, 0.15) is 46.4 Å². The van der Waals surface area contributed by atoms with Gasteiger partial charge in [-0.2, -0.15) is 0 Å². The molecule has 0 saturated heterocycles. The minimum absolute atomic E-state index is 0.0796. The van der Waals surface area contributed by atoms with Crippen LogP contribution in [-0.4, -0.2) is 36.8 Å². The lowest BCUT2D eigenvalue weighted by molar-refractivity contribution is -0.00515. The Balaban J connectivity index is 2.93. The standard InChI is InChI=1S/C14H26N2O4S/c1-6-20-14(4,5)10-15-21(18,19)13-7-12(9-17)16(8-13)11(2)3/h7-8,11,15,17H,6,9-10H2,1-5H3. The molecule has 0 radical (unpaired) electrons. The fourth-order valence-electron chi connectivity index (χ4n) is 2.04. The molecule has 7 heteroatoms. The van der Waals surface area contributed by atoms with Gasteiger partial charge in [0.1, 0.15) is 0 Å². The molecule has 1 heterocycles. The number of sulfonamides is 1. The molecular formula is C14H26N2O4S. The SMILES string of the molecule is CCOC(C)(C)CNS(=O)(=O)c1cc(CO)n(C(C)C)c1. The van der Waals surface area contributed by atoms with Gasteiger partial charge in [0.05, 0.1) is 17.1 Å². The first-order valence-electron chi connectivity index (χ1n) is 7.08. The highest BCUT2D eigenvalue weighted by Crippen LogP contribution is 2.19. The van der Waals surface area contributed by atoms with Gasteiger partial charge in [-0.05, 0) is 40.7 Å². The number of hydrogen-bond donors (Lipinski definition) is 2. The van der Waals surface area contributed by atoms with Crippen LogP contribution in [-0.2, 0) is 21.4 Å². The van der Waals surface area contributed by atoms with E-state index >= 15 is 0 Å². The molecule has 0 aliphatic heterocycles. The third-order valence-corrected chi connectivity index (χ3v) is 4.53. The second kappa shape index (κ2) is 6.91. The average Bonchev–Trinajstić information content (AvgIpc) is 2.82. The Morgan fingerprint density at radius 3 is 2.48 bits per heavy atom. The quantitative estimate of drug-likeness (QED) is 0.764. The second-order valence-corrected chi connectivity index (χ2v) is 7.61. The molecule has 0 aromatic carbocycles. The lowest BCUT2D eigenvalue weighted by Gasteiger charge is -2.24. The molecule has 0 bridgehead atoms. The second-order valence-electron chi connectivity index (χ2n) is 5.84. The maximum atomic E-state index is 12.3. The Morgan fingerprint density at radius 2 is 2.05 bits per heavy atom. The third kappa shape index (κ3) is 4.81. The van der Waals surface area contributed by atoms with Crippen LogP contribution in [0.5, 0.6) is 0 Å². The van der Waals surface area contributed by atoms with Crippen molar-refractivity contribution in [3.63, 3.8) is 0 Å². The molecule has 122 valence electrons. The maximum Gasteiger partial charge on any atom is 0.242 e. The number of nitrogens with one attached hydrogen (secondary N) is 1. The van der Waals surface area contributed by atoms with Crippen LogP contribution in [0.4, 0.5) is 0 Å². The number of aliphatic hydroxyl groups is 1. The highest BCUT2D eigenvalue weighted by Gasteiger charge is 2.24. The normalized spacial score (nSPS) is 13.1. The number of aliphatic hydroxyl groups excluding tert-OH is 1. The zero-order valence-corrected chi connectivity index (χ0v) is 14.2. The van der Waals surface area contributed by atoms with E-state index in [2.05, 4.69) is 4.72 Å². The average molecular weight is 318 g/mol. The molecule has 6 nitrogen and oxygen atoms in total. The van der Waals surface area contributed by atoms with Crippen molar-refractivity contribution in [2.75, 3.05) is 13.2 Å². The topological polar surface area (TPSA) is 80.6 Å². The minimum Gasteiger partial charge on any atom is -0.390 e. The molecule has 1 rings (SSSR count). The van der Waals surface area contributed by atoms with Crippen LogP contribution in [0.2, 0.25) is 0 Å². The summed E-state index contributed by atoms with van der Waals surface area (Å²) < 4.78 is 34.4. The summed E-state index contributed by atoms with van der Waals surface area (Å²) in [5, 5.41) is 9.32. The first kappa shape index (κ1) is 18.2. The summed E-state index contributed by atoms with van der Waals surface area (Å²) in [6.45, 7) is 9.90. The van der Waals surface area contributed by atoms with E-state index in [0.29, 0.717) is 12.3 Å². The van der Waals surface area contributed by atoms with Gasteiger partial charge in [0.25, 0.3) is 0 Å². The van der Waals surface area contributed by atoms with Gasteiger partial charge in [0, 0.05) is 31.1 Å². The molecule has 0 atom stereocenters. The summed E-state index contributed by atoms with van der Waals surface area (Å²) in [7, 11) is -3.62. The van der Waals surface area contributed by atoms with Crippen molar-refractivity contribution in [2.45, 2.75) is 57.8 Å². The van der Waals surface area contributed by atoms with Crippen LogP contribution in [0.25, 0.3) is 0 Å². The van der Waals surface area contributed by atoms with E-state index in [1.807, 2.05) is 34.6 Å². The van der Waals surface area contributed by atoms with E-state index in [-0.39, 0.29) is 24.1 Å². The summed E-state index contributed by atoms with van der Waals surface area (Å²) in [5.41, 5.74) is 0.0110. The largest absolute Gasteiger partial charge is 0.390 e. The van der Waals surface area contributed by atoms with Crippen molar-refractivity contribution < 1.29 is 18.3 Å². The number of ether oxygens (including phenoxy) is 1. The van der Waals surface area contributed by atoms with E-state index in [4.69, 9.17) is 4.74 Å². The Labute approximate surface area is 127 Å². The van der Waals surface area contributed by atoms with E-state index in [1.54, 1.807) is 10.8 Å². The van der Waals surface area contributed by atoms with Gasteiger partial charge in [-0.25, -0.2) is 13.1 Å². The Hall–Kier alpha value is -0.890. The third-order valence-electron chi connectivity index (χ3n) is 3.16. The Kier molecular flexibility index (Phi) is 5.98. The maximum absolute atomic E-state index is 12.3. The van der Waals surface area contributed by atoms with Crippen LogP contribution in [0.15, 0.2) is 17.2 Å². The zero-order valence-electron chi connectivity index (χ0n) is 13.4. The van der Waals surface area contributed by atoms with Crippen molar-refractivity contribution >= 4 is 10.0 Å². The molecule has 2 N–H and O–H groups in total. The number of nitrogens with zero attached hydrogens (tertiary/aromatic N) is 1. The van der Waals surface area contributed by atoms with Gasteiger partial charge < -0.3 is 14.4 Å². The van der Waals surface area contributed by atoms with Gasteiger partial charge in [0.2, 0.25) is 10.0 Å². The summed E-state index contributed by atoms with van der Waals surface area (Å²) in [5.74, 6) is 0. The van der Waals surface area contributed by atoms with Gasteiger partial charge >= 0.3 is 0 Å². The number of hydrogen-bond acceptors (Lipinski definition) is 4. The zero-order chi connectivity index (χ0) is 16.3. The molecule has 21 heavy (non-hydrogen) atoms. The number of rotatable bonds is 8. The minimum atomic E-state index is -3.62. The molecule has 0 fully saturated rings. The first-order chi connectivity index (χ1) is 9.63. The van der Waals surface area contributed by atoms with E-state index in [1.165, 1.54) is 6.07 Å². The van der Waals surface area contributed by atoms with Crippen molar-refractivity contribution in [1.29, 1.82) is 0 Å². The molecule has 0 aliphatic rings. The Bertz CT molecular complexity index is 562. The molecule has 0 aliphatic carbocycles. The molecule has 0 saturated carbocycles.